The van der Waals surface area contributed by atoms with Crippen LogP contribution in [0.4, 0.5) is 0 Å². The maximum atomic E-state index is 5.21. The molecule has 0 bridgehead atoms. The topological polar surface area (TPSA) is 0 Å². The molecule has 13 heavy (non-hydrogen) atoms. The van der Waals surface area contributed by atoms with Crippen LogP contribution in [0.2, 0.25) is 0 Å². The lowest BCUT2D eigenvalue weighted by Crippen LogP contribution is -1.93. The summed E-state index contributed by atoms with van der Waals surface area (Å²) in [7, 11) is 0. The quantitative estimate of drug-likeness (QED) is 0.443. The molecule has 0 saturated heterocycles. The van der Waals surface area contributed by atoms with Crippen molar-refractivity contribution in [1.29, 1.82) is 0 Å². The minimum atomic E-state index is 0.521. The third kappa shape index (κ3) is 7.48. The minimum absolute atomic E-state index is 0.521. The molecule has 0 rings (SSSR count). The zero-order chi connectivity index (χ0) is 9.94. The smallest absolute Gasteiger partial charge is 0.0209 e. The van der Waals surface area contributed by atoms with Crippen LogP contribution in [0.5, 0.6) is 0 Å². The van der Waals surface area contributed by atoms with Crippen LogP contribution in [-0.4, -0.2) is 0 Å². The van der Waals surface area contributed by atoms with Gasteiger partial charge in [0.15, 0.2) is 0 Å². The van der Waals surface area contributed by atoms with E-state index >= 15 is 0 Å². The predicted octanol–water partition coefficient (Wildman–Crippen LogP) is 3.62. The zero-order valence-corrected chi connectivity index (χ0v) is 8.90. The lowest BCUT2D eigenvalue weighted by atomic mass is 10.0. The number of hydrogen-bond acceptors (Lipinski definition) is 0. The molecule has 72 valence electrons. The molecule has 0 aromatic rings. The largest absolute Gasteiger partial charge is 0.120 e. The van der Waals surface area contributed by atoms with E-state index in [0.29, 0.717) is 5.92 Å². The van der Waals surface area contributed by atoms with Crippen LogP contribution in [0, 0.1) is 30.1 Å². The molecule has 1 atom stereocenters. The molecule has 0 aliphatic heterocycles. The first-order chi connectivity index (χ1) is 6.35. The maximum Gasteiger partial charge on any atom is 0.0209 e. The monoisotopic (exact) mass is 176 g/mol. The van der Waals surface area contributed by atoms with E-state index in [0.717, 1.165) is 25.7 Å². The molecule has 0 heterocycles. The Morgan fingerprint density at radius 1 is 1.23 bits per heavy atom. The van der Waals surface area contributed by atoms with Crippen molar-refractivity contribution in [3.63, 3.8) is 0 Å². The highest BCUT2D eigenvalue weighted by molar-refractivity contribution is 5.04. The fraction of sp³-hybridized carbons (Fsp3) is 0.692. The third-order valence-corrected chi connectivity index (χ3v) is 2.09. The van der Waals surface area contributed by atoms with Crippen LogP contribution in [0.25, 0.3) is 0 Å². The molecule has 0 amide bonds. The van der Waals surface area contributed by atoms with E-state index < -0.39 is 0 Å². The van der Waals surface area contributed by atoms with Crippen molar-refractivity contribution in [3.8, 4) is 24.2 Å². The fourth-order valence-electron chi connectivity index (χ4n) is 1.12. The lowest BCUT2D eigenvalue weighted by Gasteiger charge is -2.03. The second kappa shape index (κ2) is 9.21. The van der Waals surface area contributed by atoms with E-state index in [-0.39, 0.29) is 0 Å². The second-order valence-electron chi connectivity index (χ2n) is 3.27. The Labute approximate surface area is 83.1 Å². The molecule has 0 fully saturated rings. The van der Waals surface area contributed by atoms with Crippen LogP contribution in [0.15, 0.2) is 0 Å². The molecule has 0 aliphatic rings. The molecule has 1 unspecified atom stereocenters. The first kappa shape index (κ1) is 12.1. The van der Waals surface area contributed by atoms with Gasteiger partial charge in [-0.15, -0.1) is 18.3 Å². The van der Waals surface area contributed by atoms with E-state index in [1.807, 2.05) is 0 Å². The van der Waals surface area contributed by atoms with Gasteiger partial charge in [0.25, 0.3) is 0 Å². The van der Waals surface area contributed by atoms with Gasteiger partial charge in [-0.05, 0) is 19.3 Å². The van der Waals surface area contributed by atoms with E-state index in [9.17, 15) is 0 Å². The van der Waals surface area contributed by atoms with Crippen molar-refractivity contribution in [3.05, 3.63) is 0 Å². The first-order valence-electron chi connectivity index (χ1n) is 5.27. The number of hydrogen-bond donors (Lipinski definition) is 0. The summed E-state index contributed by atoms with van der Waals surface area (Å²) in [6, 6.07) is 0. The van der Waals surface area contributed by atoms with Gasteiger partial charge in [-0.2, -0.15) is 0 Å². The number of unbranched alkanes of at least 4 members (excludes halogenated alkanes) is 2. The summed E-state index contributed by atoms with van der Waals surface area (Å²) in [5.74, 6) is 9.71. The molecular formula is C13H20. The summed E-state index contributed by atoms with van der Waals surface area (Å²) < 4.78 is 0. The van der Waals surface area contributed by atoms with Crippen molar-refractivity contribution >= 4 is 0 Å². The van der Waals surface area contributed by atoms with E-state index in [1.54, 1.807) is 0 Å². The van der Waals surface area contributed by atoms with Crippen LogP contribution in [-0.2, 0) is 0 Å². The van der Waals surface area contributed by atoms with E-state index in [1.165, 1.54) is 12.8 Å². The van der Waals surface area contributed by atoms with Crippen LogP contribution >= 0.6 is 0 Å². The molecule has 0 spiro atoms. The molecule has 0 aliphatic carbocycles. The highest BCUT2D eigenvalue weighted by Gasteiger charge is 1.99. The summed E-state index contributed by atoms with van der Waals surface area (Å²) in [6.07, 6.45) is 11.8. The van der Waals surface area contributed by atoms with E-state index in [4.69, 9.17) is 6.42 Å². The normalized spacial score (nSPS) is 11.2. The number of rotatable bonds is 5. The Morgan fingerprint density at radius 2 is 2.00 bits per heavy atom. The van der Waals surface area contributed by atoms with Crippen molar-refractivity contribution in [2.75, 3.05) is 0 Å². The average Bonchev–Trinajstić information content (AvgIpc) is 2.17. The van der Waals surface area contributed by atoms with Gasteiger partial charge in [-0.3, -0.25) is 0 Å². The summed E-state index contributed by atoms with van der Waals surface area (Å²) in [6.45, 7) is 4.37. The van der Waals surface area contributed by atoms with Crippen molar-refractivity contribution < 1.29 is 0 Å². The molecule has 0 aromatic carbocycles. The predicted molar refractivity (Wildman–Crippen MR) is 59.1 cm³/mol. The van der Waals surface area contributed by atoms with Gasteiger partial charge in [0, 0.05) is 18.8 Å². The minimum Gasteiger partial charge on any atom is -0.120 e. The van der Waals surface area contributed by atoms with Gasteiger partial charge in [0.1, 0.15) is 0 Å². The molecule has 0 nitrogen and oxygen atoms in total. The average molecular weight is 176 g/mol. The lowest BCUT2D eigenvalue weighted by molar-refractivity contribution is 0.602. The molecule has 0 aromatic heterocycles. The SMILES string of the molecule is C#CCCC(C#CCCCC)CC. The van der Waals surface area contributed by atoms with Gasteiger partial charge in [-0.1, -0.05) is 26.2 Å². The van der Waals surface area contributed by atoms with Crippen LogP contribution in [0.3, 0.4) is 0 Å². The Kier molecular flexibility index (Phi) is 8.59. The van der Waals surface area contributed by atoms with Gasteiger partial charge in [0.05, 0.1) is 0 Å². The summed E-state index contributed by atoms with van der Waals surface area (Å²) >= 11 is 0. The van der Waals surface area contributed by atoms with Gasteiger partial charge in [-0.25, -0.2) is 0 Å². The van der Waals surface area contributed by atoms with Gasteiger partial charge < -0.3 is 0 Å². The molecule has 0 radical (unpaired) electrons. The molecule has 0 saturated carbocycles. The van der Waals surface area contributed by atoms with Crippen LogP contribution < -0.4 is 0 Å². The summed E-state index contributed by atoms with van der Waals surface area (Å²) in [4.78, 5) is 0. The van der Waals surface area contributed by atoms with Crippen molar-refractivity contribution in [2.45, 2.75) is 52.4 Å². The number of terminal acetylenes is 1. The Bertz CT molecular complexity index is 196. The summed E-state index contributed by atoms with van der Waals surface area (Å²) in [5, 5.41) is 0. The Balaban J connectivity index is 3.67. The highest BCUT2D eigenvalue weighted by Crippen LogP contribution is 2.08. The Hall–Kier alpha value is -0.880. The fourth-order valence-corrected chi connectivity index (χ4v) is 1.12. The Morgan fingerprint density at radius 3 is 2.54 bits per heavy atom. The molecular weight excluding hydrogens is 156 g/mol. The van der Waals surface area contributed by atoms with Crippen molar-refractivity contribution in [2.24, 2.45) is 5.92 Å². The summed E-state index contributed by atoms with van der Waals surface area (Å²) in [5.41, 5.74) is 0. The van der Waals surface area contributed by atoms with E-state index in [2.05, 4.69) is 31.6 Å². The molecule has 0 N–H and O–H groups in total. The maximum absolute atomic E-state index is 5.21. The standard InChI is InChI=1S/C13H20/c1-4-7-9-10-12-13(6-3)11-8-5-2/h2,13H,4,6-9,11H2,1,3H3. The first-order valence-corrected chi connectivity index (χ1v) is 5.27. The van der Waals surface area contributed by atoms with Crippen LogP contribution in [0.1, 0.15) is 52.4 Å². The van der Waals surface area contributed by atoms with Gasteiger partial charge in [0.2, 0.25) is 0 Å². The molecule has 0 heteroatoms. The third-order valence-electron chi connectivity index (χ3n) is 2.09. The zero-order valence-electron chi connectivity index (χ0n) is 8.90. The van der Waals surface area contributed by atoms with Gasteiger partial charge >= 0.3 is 0 Å². The highest BCUT2D eigenvalue weighted by atomic mass is 14.0. The second-order valence-corrected chi connectivity index (χ2v) is 3.27. The van der Waals surface area contributed by atoms with Crippen molar-refractivity contribution in [1.82, 2.24) is 0 Å².